The van der Waals surface area contributed by atoms with Crippen LogP contribution in [-0.2, 0) is 11.3 Å². The van der Waals surface area contributed by atoms with Gasteiger partial charge in [0.05, 0.1) is 0 Å². The summed E-state index contributed by atoms with van der Waals surface area (Å²) in [4.78, 5) is 11.6. The van der Waals surface area contributed by atoms with Crippen molar-refractivity contribution in [1.29, 1.82) is 0 Å². The first-order valence-electron chi connectivity index (χ1n) is 7.09. The zero-order valence-electron chi connectivity index (χ0n) is 12.5. The Balaban J connectivity index is 2.27. The number of benzene rings is 1. The summed E-state index contributed by atoms with van der Waals surface area (Å²) in [6, 6.07) is 6.61. The maximum absolute atomic E-state index is 11.6. The van der Waals surface area contributed by atoms with Crippen LogP contribution in [0.15, 0.2) is 18.2 Å². The van der Waals surface area contributed by atoms with Gasteiger partial charge in [0.15, 0.2) is 0 Å². The van der Waals surface area contributed by atoms with Gasteiger partial charge in [0.1, 0.15) is 0 Å². The van der Waals surface area contributed by atoms with Gasteiger partial charge < -0.3 is 10.6 Å². The maximum atomic E-state index is 11.6. The summed E-state index contributed by atoms with van der Waals surface area (Å²) in [5.41, 5.74) is 3.95. The summed E-state index contributed by atoms with van der Waals surface area (Å²) in [7, 11) is 0. The lowest BCUT2D eigenvalue weighted by atomic mass is 10.0. The molecule has 1 aromatic carbocycles. The molecule has 3 heteroatoms. The molecule has 19 heavy (non-hydrogen) atoms. The molecular weight excluding hydrogens is 236 g/mol. The van der Waals surface area contributed by atoms with Gasteiger partial charge in [-0.2, -0.15) is 0 Å². The zero-order valence-corrected chi connectivity index (χ0v) is 12.5. The summed E-state index contributed by atoms with van der Waals surface area (Å²) in [6.45, 7) is 9.91. The van der Waals surface area contributed by atoms with Gasteiger partial charge in [0, 0.05) is 25.6 Å². The zero-order chi connectivity index (χ0) is 14.3. The summed E-state index contributed by atoms with van der Waals surface area (Å²) in [5, 5.41) is 6.30. The molecule has 0 radical (unpaired) electrons. The van der Waals surface area contributed by atoms with E-state index in [4.69, 9.17) is 0 Å². The second-order valence-corrected chi connectivity index (χ2v) is 5.16. The van der Waals surface area contributed by atoms with Crippen LogP contribution in [0.25, 0.3) is 0 Å². The molecule has 0 saturated heterocycles. The lowest BCUT2D eigenvalue weighted by molar-refractivity contribution is -0.121. The van der Waals surface area contributed by atoms with Crippen molar-refractivity contribution in [2.75, 3.05) is 6.54 Å². The van der Waals surface area contributed by atoms with Gasteiger partial charge in [-0.15, -0.1) is 0 Å². The molecule has 0 heterocycles. The van der Waals surface area contributed by atoms with E-state index in [9.17, 15) is 4.79 Å². The van der Waals surface area contributed by atoms with Gasteiger partial charge in [-0.25, -0.2) is 0 Å². The highest BCUT2D eigenvalue weighted by Crippen LogP contribution is 2.12. The Hall–Kier alpha value is -1.35. The molecular formula is C16H26N2O. The summed E-state index contributed by atoms with van der Waals surface area (Å²) in [6.07, 6.45) is 1.51. The van der Waals surface area contributed by atoms with Crippen LogP contribution < -0.4 is 10.6 Å². The molecule has 1 rings (SSSR count). The first-order chi connectivity index (χ1) is 9.04. The van der Waals surface area contributed by atoms with Gasteiger partial charge in [-0.1, -0.05) is 25.1 Å². The SMILES string of the molecule is CCC(C)NC(=O)CCNCc1cccc(C)c1C. The number of carbonyl (C=O) groups is 1. The van der Waals surface area contributed by atoms with Crippen LogP contribution in [-0.4, -0.2) is 18.5 Å². The topological polar surface area (TPSA) is 41.1 Å². The predicted molar refractivity (Wildman–Crippen MR) is 80.1 cm³/mol. The lowest BCUT2D eigenvalue weighted by Crippen LogP contribution is -2.33. The molecule has 0 bridgehead atoms. The number of hydrogen-bond acceptors (Lipinski definition) is 2. The van der Waals surface area contributed by atoms with Crippen molar-refractivity contribution in [3.05, 3.63) is 34.9 Å². The van der Waals surface area contributed by atoms with Crippen molar-refractivity contribution in [2.24, 2.45) is 0 Å². The molecule has 1 atom stereocenters. The molecule has 0 spiro atoms. The third kappa shape index (κ3) is 5.43. The largest absolute Gasteiger partial charge is 0.354 e. The van der Waals surface area contributed by atoms with Crippen LogP contribution in [0.4, 0.5) is 0 Å². The molecule has 0 aliphatic carbocycles. The first kappa shape index (κ1) is 15.7. The van der Waals surface area contributed by atoms with E-state index in [2.05, 4.69) is 49.6 Å². The molecule has 1 amide bonds. The third-order valence-corrected chi connectivity index (χ3v) is 3.58. The van der Waals surface area contributed by atoms with Gasteiger partial charge in [0.25, 0.3) is 0 Å². The van der Waals surface area contributed by atoms with Crippen molar-refractivity contribution in [3.8, 4) is 0 Å². The molecule has 106 valence electrons. The van der Waals surface area contributed by atoms with Crippen LogP contribution in [0, 0.1) is 13.8 Å². The van der Waals surface area contributed by atoms with Gasteiger partial charge in [-0.05, 0) is 43.9 Å². The highest BCUT2D eigenvalue weighted by molar-refractivity contribution is 5.76. The number of rotatable bonds is 7. The number of aryl methyl sites for hydroxylation is 1. The predicted octanol–water partition coefficient (Wildman–Crippen LogP) is 2.70. The fraction of sp³-hybridized carbons (Fsp3) is 0.562. The molecule has 2 N–H and O–H groups in total. The van der Waals surface area contributed by atoms with E-state index in [-0.39, 0.29) is 11.9 Å². The molecule has 0 aromatic heterocycles. The van der Waals surface area contributed by atoms with E-state index in [0.29, 0.717) is 6.42 Å². The Morgan fingerprint density at radius 3 is 2.74 bits per heavy atom. The normalized spacial score (nSPS) is 12.2. The standard InChI is InChI=1S/C16H26N2O/c1-5-13(3)18-16(19)9-10-17-11-15-8-6-7-12(2)14(15)4/h6-8,13,17H,5,9-11H2,1-4H3,(H,18,19). The number of nitrogens with one attached hydrogen (secondary N) is 2. The van der Waals surface area contributed by atoms with Gasteiger partial charge in [-0.3, -0.25) is 4.79 Å². The van der Waals surface area contributed by atoms with E-state index in [0.717, 1.165) is 19.5 Å². The smallest absolute Gasteiger partial charge is 0.221 e. The number of amides is 1. The molecule has 1 unspecified atom stereocenters. The van der Waals surface area contributed by atoms with Crippen molar-refractivity contribution >= 4 is 5.91 Å². The minimum atomic E-state index is 0.128. The van der Waals surface area contributed by atoms with E-state index in [1.165, 1.54) is 16.7 Å². The molecule has 3 nitrogen and oxygen atoms in total. The molecule has 1 aromatic rings. The Morgan fingerprint density at radius 1 is 1.32 bits per heavy atom. The average molecular weight is 262 g/mol. The van der Waals surface area contributed by atoms with Crippen molar-refractivity contribution in [1.82, 2.24) is 10.6 Å². The third-order valence-electron chi connectivity index (χ3n) is 3.58. The Labute approximate surface area is 116 Å². The monoisotopic (exact) mass is 262 g/mol. The van der Waals surface area contributed by atoms with Crippen LogP contribution in [0.3, 0.4) is 0 Å². The Morgan fingerprint density at radius 2 is 2.05 bits per heavy atom. The Bertz CT molecular complexity index is 415. The summed E-state index contributed by atoms with van der Waals surface area (Å²) < 4.78 is 0. The van der Waals surface area contributed by atoms with Crippen LogP contribution >= 0.6 is 0 Å². The quantitative estimate of drug-likeness (QED) is 0.742. The fourth-order valence-corrected chi connectivity index (χ4v) is 1.88. The summed E-state index contributed by atoms with van der Waals surface area (Å²) >= 11 is 0. The lowest BCUT2D eigenvalue weighted by Gasteiger charge is -2.12. The first-order valence-corrected chi connectivity index (χ1v) is 7.09. The minimum absolute atomic E-state index is 0.128. The van der Waals surface area contributed by atoms with Gasteiger partial charge >= 0.3 is 0 Å². The second-order valence-electron chi connectivity index (χ2n) is 5.16. The molecule has 0 aliphatic heterocycles. The second kappa shape index (κ2) is 7.95. The maximum Gasteiger partial charge on any atom is 0.221 e. The van der Waals surface area contributed by atoms with E-state index in [1.807, 2.05) is 6.92 Å². The van der Waals surface area contributed by atoms with E-state index >= 15 is 0 Å². The van der Waals surface area contributed by atoms with Crippen LogP contribution in [0.2, 0.25) is 0 Å². The van der Waals surface area contributed by atoms with Crippen molar-refractivity contribution in [3.63, 3.8) is 0 Å². The van der Waals surface area contributed by atoms with E-state index in [1.54, 1.807) is 0 Å². The Kier molecular flexibility index (Phi) is 6.57. The van der Waals surface area contributed by atoms with Gasteiger partial charge in [0.2, 0.25) is 5.91 Å². The number of hydrogen-bond donors (Lipinski definition) is 2. The average Bonchev–Trinajstić information content (AvgIpc) is 2.39. The molecule has 0 fully saturated rings. The molecule has 0 aliphatic rings. The fourth-order valence-electron chi connectivity index (χ4n) is 1.88. The van der Waals surface area contributed by atoms with Crippen molar-refractivity contribution in [2.45, 2.75) is 53.1 Å². The minimum Gasteiger partial charge on any atom is -0.354 e. The summed E-state index contributed by atoms with van der Waals surface area (Å²) in [5.74, 6) is 0.128. The van der Waals surface area contributed by atoms with Crippen LogP contribution in [0.5, 0.6) is 0 Å². The highest BCUT2D eigenvalue weighted by Gasteiger charge is 2.05. The highest BCUT2D eigenvalue weighted by atomic mass is 16.1. The van der Waals surface area contributed by atoms with Crippen molar-refractivity contribution < 1.29 is 4.79 Å². The van der Waals surface area contributed by atoms with E-state index < -0.39 is 0 Å². The van der Waals surface area contributed by atoms with Crippen LogP contribution in [0.1, 0.15) is 43.4 Å². The number of carbonyl (C=O) groups excluding carboxylic acids is 1. The molecule has 0 saturated carbocycles.